The topological polar surface area (TPSA) is 50.8 Å². The molecule has 0 atom stereocenters. The van der Waals surface area contributed by atoms with E-state index < -0.39 is 0 Å². The Morgan fingerprint density at radius 2 is 1.89 bits per heavy atom. The van der Waals surface area contributed by atoms with Gasteiger partial charge in [0.2, 0.25) is 0 Å². The predicted octanol–water partition coefficient (Wildman–Crippen LogP) is 1.76. The monoisotopic (exact) mass is 361 g/mol. The highest BCUT2D eigenvalue weighted by molar-refractivity contribution is 14.0. The van der Waals surface area contributed by atoms with Crippen LogP contribution in [-0.4, -0.2) is 37.2 Å². The summed E-state index contributed by atoms with van der Waals surface area (Å²) in [6.07, 6.45) is 0. The van der Waals surface area contributed by atoms with E-state index in [0.717, 1.165) is 26.3 Å². The number of ether oxygens (including phenoxy) is 1. The Kier molecular flexibility index (Phi) is 6.42. The van der Waals surface area contributed by atoms with Crippen molar-refractivity contribution in [1.82, 2.24) is 4.90 Å². The van der Waals surface area contributed by atoms with Gasteiger partial charge in [0.25, 0.3) is 0 Å². The Bertz CT molecular complexity index is 386. The van der Waals surface area contributed by atoms with Crippen LogP contribution < -0.4 is 5.73 Å². The lowest BCUT2D eigenvalue weighted by Crippen LogP contribution is -2.44. The number of benzene rings is 1. The second-order valence-electron chi connectivity index (χ2n) is 4.26. The van der Waals surface area contributed by atoms with Gasteiger partial charge in [-0.1, -0.05) is 29.8 Å². The van der Waals surface area contributed by atoms with Crippen molar-refractivity contribution < 1.29 is 4.74 Å². The minimum absolute atomic E-state index is 0. The number of hydrogen-bond acceptors (Lipinski definition) is 2. The normalized spacial score (nSPS) is 16.3. The average Bonchev–Trinajstić information content (AvgIpc) is 2.39. The van der Waals surface area contributed by atoms with Gasteiger partial charge in [-0.15, -0.1) is 24.0 Å². The average molecular weight is 361 g/mol. The molecule has 5 heteroatoms. The first kappa shape index (κ1) is 15.2. The lowest BCUT2D eigenvalue weighted by atomic mass is 10.1. The van der Waals surface area contributed by atoms with Gasteiger partial charge in [-0.2, -0.15) is 0 Å². The maximum absolute atomic E-state index is 5.95. The number of guanidine groups is 1. The van der Waals surface area contributed by atoms with E-state index in [0.29, 0.717) is 12.5 Å². The number of rotatable bonds is 2. The van der Waals surface area contributed by atoms with Gasteiger partial charge in [0.05, 0.1) is 19.8 Å². The van der Waals surface area contributed by atoms with Crippen LogP contribution in [0.15, 0.2) is 29.3 Å². The fraction of sp³-hybridized carbons (Fsp3) is 0.462. The van der Waals surface area contributed by atoms with Gasteiger partial charge in [0, 0.05) is 13.1 Å². The summed E-state index contributed by atoms with van der Waals surface area (Å²) >= 11 is 0. The van der Waals surface area contributed by atoms with E-state index in [9.17, 15) is 0 Å². The summed E-state index contributed by atoms with van der Waals surface area (Å²) in [5.74, 6) is 0.619. The van der Waals surface area contributed by atoms with Crippen LogP contribution in [0.1, 0.15) is 11.1 Å². The van der Waals surface area contributed by atoms with Gasteiger partial charge >= 0.3 is 0 Å². The summed E-state index contributed by atoms with van der Waals surface area (Å²) < 4.78 is 5.27. The van der Waals surface area contributed by atoms with E-state index in [1.165, 1.54) is 11.1 Å². The van der Waals surface area contributed by atoms with Crippen LogP contribution in [0, 0.1) is 6.92 Å². The first-order valence-corrected chi connectivity index (χ1v) is 5.94. The Balaban J connectivity index is 0.00000162. The maximum atomic E-state index is 5.95. The third-order valence-corrected chi connectivity index (χ3v) is 2.88. The highest BCUT2D eigenvalue weighted by Crippen LogP contribution is 2.05. The van der Waals surface area contributed by atoms with Crippen LogP contribution in [-0.2, 0) is 11.3 Å². The summed E-state index contributed by atoms with van der Waals surface area (Å²) in [6, 6.07) is 8.36. The van der Waals surface area contributed by atoms with Crippen LogP contribution in [0.25, 0.3) is 0 Å². The van der Waals surface area contributed by atoms with Crippen LogP contribution in [0.2, 0.25) is 0 Å². The zero-order valence-corrected chi connectivity index (χ0v) is 13.0. The first-order chi connectivity index (χ1) is 8.25. The molecular weight excluding hydrogens is 341 g/mol. The molecule has 0 aliphatic carbocycles. The van der Waals surface area contributed by atoms with Crippen molar-refractivity contribution in [2.75, 3.05) is 26.3 Å². The number of hydrogen-bond donors (Lipinski definition) is 1. The molecule has 4 nitrogen and oxygen atoms in total. The number of nitrogens with two attached hydrogens (primary N) is 1. The van der Waals surface area contributed by atoms with E-state index in [-0.39, 0.29) is 24.0 Å². The van der Waals surface area contributed by atoms with Crippen molar-refractivity contribution in [3.05, 3.63) is 35.4 Å². The molecule has 0 spiro atoms. The number of aryl methyl sites for hydroxylation is 1. The third-order valence-electron chi connectivity index (χ3n) is 2.88. The molecule has 1 heterocycles. The fourth-order valence-corrected chi connectivity index (χ4v) is 1.76. The first-order valence-electron chi connectivity index (χ1n) is 5.94. The molecule has 1 aromatic carbocycles. The van der Waals surface area contributed by atoms with Crippen molar-refractivity contribution in [3.8, 4) is 0 Å². The minimum atomic E-state index is 0. The van der Waals surface area contributed by atoms with Gasteiger partial charge in [0.1, 0.15) is 0 Å². The minimum Gasteiger partial charge on any atom is -0.378 e. The van der Waals surface area contributed by atoms with Crippen molar-refractivity contribution in [2.24, 2.45) is 10.7 Å². The molecule has 0 amide bonds. The van der Waals surface area contributed by atoms with Crippen LogP contribution >= 0.6 is 24.0 Å². The zero-order chi connectivity index (χ0) is 12.1. The lowest BCUT2D eigenvalue weighted by Gasteiger charge is -2.27. The number of morpholine rings is 1. The van der Waals surface area contributed by atoms with Gasteiger partial charge < -0.3 is 15.4 Å². The van der Waals surface area contributed by atoms with E-state index in [2.05, 4.69) is 41.1 Å². The van der Waals surface area contributed by atoms with Crippen molar-refractivity contribution in [2.45, 2.75) is 13.5 Å². The molecular formula is C13H20IN3O. The molecule has 2 N–H and O–H groups in total. The van der Waals surface area contributed by atoms with Crippen molar-refractivity contribution >= 4 is 29.9 Å². The summed E-state index contributed by atoms with van der Waals surface area (Å²) in [4.78, 5) is 6.48. The Morgan fingerprint density at radius 3 is 2.50 bits per heavy atom. The number of halogens is 1. The molecule has 0 saturated carbocycles. The van der Waals surface area contributed by atoms with Crippen LogP contribution in [0.5, 0.6) is 0 Å². The Hall–Kier alpha value is -0.820. The van der Waals surface area contributed by atoms with Crippen molar-refractivity contribution in [3.63, 3.8) is 0 Å². The zero-order valence-electron chi connectivity index (χ0n) is 10.6. The quantitative estimate of drug-likeness (QED) is 0.496. The third kappa shape index (κ3) is 4.45. The molecule has 1 saturated heterocycles. The van der Waals surface area contributed by atoms with Crippen molar-refractivity contribution in [1.29, 1.82) is 0 Å². The Morgan fingerprint density at radius 1 is 1.28 bits per heavy atom. The smallest absolute Gasteiger partial charge is 0.191 e. The predicted molar refractivity (Wildman–Crippen MR) is 84.3 cm³/mol. The van der Waals surface area contributed by atoms with E-state index in [4.69, 9.17) is 10.5 Å². The summed E-state index contributed by atoms with van der Waals surface area (Å²) in [5.41, 5.74) is 8.40. The number of nitrogens with zero attached hydrogens (tertiary/aromatic N) is 2. The van der Waals surface area contributed by atoms with E-state index in [1.54, 1.807) is 0 Å². The molecule has 1 aliphatic rings. The largest absolute Gasteiger partial charge is 0.378 e. The standard InChI is InChI=1S/C13H19N3O.HI/c1-11-2-4-12(5-3-11)10-15-13(14)16-6-8-17-9-7-16;/h2-5H,6-10H2,1H3,(H2,14,15);1H. The second kappa shape index (κ2) is 7.58. The molecule has 0 aromatic heterocycles. The maximum Gasteiger partial charge on any atom is 0.191 e. The molecule has 18 heavy (non-hydrogen) atoms. The summed E-state index contributed by atoms with van der Waals surface area (Å²) in [7, 11) is 0. The van der Waals surface area contributed by atoms with E-state index in [1.807, 2.05) is 0 Å². The van der Waals surface area contributed by atoms with Crippen LogP contribution in [0.3, 0.4) is 0 Å². The molecule has 0 radical (unpaired) electrons. The van der Waals surface area contributed by atoms with Gasteiger partial charge in [0.15, 0.2) is 5.96 Å². The fourth-order valence-electron chi connectivity index (χ4n) is 1.76. The highest BCUT2D eigenvalue weighted by Gasteiger charge is 2.11. The summed E-state index contributed by atoms with van der Waals surface area (Å²) in [5, 5.41) is 0. The molecule has 100 valence electrons. The second-order valence-corrected chi connectivity index (χ2v) is 4.26. The summed E-state index contributed by atoms with van der Waals surface area (Å²) in [6.45, 7) is 5.87. The molecule has 2 rings (SSSR count). The molecule has 1 aliphatic heterocycles. The van der Waals surface area contributed by atoms with Gasteiger partial charge in [-0.3, -0.25) is 0 Å². The van der Waals surface area contributed by atoms with Gasteiger partial charge in [-0.05, 0) is 12.5 Å². The molecule has 1 aromatic rings. The SMILES string of the molecule is Cc1ccc(CN=C(N)N2CCOCC2)cc1.I. The number of aliphatic imine (C=N–C) groups is 1. The van der Waals surface area contributed by atoms with Gasteiger partial charge in [-0.25, -0.2) is 4.99 Å². The lowest BCUT2D eigenvalue weighted by molar-refractivity contribution is 0.0674. The molecule has 0 unspecified atom stereocenters. The molecule has 0 bridgehead atoms. The Labute approximate surface area is 125 Å². The highest BCUT2D eigenvalue weighted by atomic mass is 127. The molecule has 1 fully saturated rings. The van der Waals surface area contributed by atoms with Crippen LogP contribution in [0.4, 0.5) is 0 Å². The van der Waals surface area contributed by atoms with E-state index >= 15 is 0 Å².